The number of carbonyl (C=O) groups is 3. The van der Waals surface area contributed by atoms with Crippen molar-refractivity contribution in [2.24, 2.45) is 17.8 Å². The number of ketones is 3. The lowest BCUT2D eigenvalue weighted by Crippen LogP contribution is -2.30. The van der Waals surface area contributed by atoms with E-state index in [0.717, 1.165) is 50.5 Å². The number of carbonyl (C=O) groups excluding carboxylic acids is 3. The van der Waals surface area contributed by atoms with Crippen molar-refractivity contribution in [3.05, 3.63) is 33.9 Å². The third-order valence-electron chi connectivity index (χ3n) is 7.04. The van der Waals surface area contributed by atoms with E-state index in [2.05, 4.69) is 40.7 Å². The SMILES string of the molecule is CCCC(CC1CC(=O)c2c(C)c(CC)cc(CC)c2C1)C(CC)C(=O)CC(C)=O. The van der Waals surface area contributed by atoms with Crippen LogP contribution in [0.5, 0.6) is 0 Å². The predicted octanol–water partition coefficient (Wildman–Crippen LogP) is 6.25. The molecule has 3 atom stereocenters. The third-order valence-corrected chi connectivity index (χ3v) is 7.04. The normalized spacial score (nSPS) is 18.1. The summed E-state index contributed by atoms with van der Waals surface area (Å²) in [5.41, 5.74) is 6.02. The lowest BCUT2D eigenvalue weighted by Gasteiger charge is -2.33. The van der Waals surface area contributed by atoms with E-state index in [4.69, 9.17) is 0 Å². The van der Waals surface area contributed by atoms with Gasteiger partial charge in [-0.15, -0.1) is 0 Å². The lowest BCUT2D eigenvalue weighted by molar-refractivity contribution is -0.129. The molecule has 0 heterocycles. The van der Waals surface area contributed by atoms with Gasteiger partial charge in [-0.25, -0.2) is 0 Å². The summed E-state index contributed by atoms with van der Waals surface area (Å²) in [7, 11) is 0. The van der Waals surface area contributed by atoms with Gasteiger partial charge in [0.2, 0.25) is 0 Å². The summed E-state index contributed by atoms with van der Waals surface area (Å²) in [5, 5.41) is 0. The van der Waals surface area contributed by atoms with Crippen LogP contribution in [0.2, 0.25) is 0 Å². The Labute approximate surface area is 183 Å². The van der Waals surface area contributed by atoms with Crippen LogP contribution in [-0.2, 0) is 28.9 Å². The van der Waals surface area contributed by atoms with Crippen molar-refractivity contribution in [1.29, 1.82) is 0 Å². The van der Waals surface area contributed by atoms with E-state index in [1.54, 1.807) is 0 Å². The van der Waals surface area contributed by atoms with Crippen LogP contribution < -0.4 is 0 Å². The number of rotatable bonds is 11. The van der Waals surface area contributed by atoms with Crippen molar-refractivity contribution in [3.63, 3.8) is 0 Å². The molecule has 3 heteroatoms. The van der Waals surface area contributed by atoms with Crippen LogP contribution in [0.1, 0.15) is 106 Å². The molecule has 0 fully saturated rings. The van der Waals surface area contributed by atoms with Crippen molar-refractivity contribution >= 4 is 17.3 Å². The molecule has 1 aliphatic rings. The second-order valence-electron chi connectivity index (χ2n) is 9.22. The van der Waals surface area contributed by atoms with Crippen molar-refractivity contribution in [2.45, 2.75) is 99.3 Å². The molecule has 0 aromatic heterocycles. The van der Waals surface area contributed by atoms with Gasteiger partial charge in [0, 0.05) is 17.9 Å². The van der Waals surface area contributed by atoms with E-state index in [9.17, 15) is 14.4 Å². The Kier molecular flexibility index (Phi) is 9.00. The maximum Gasteiger partial charge on any atom is 0.163 e. The molecule has 0 bridgehead atoms. The predicted molar refractivity (Wildman–Crippen MR) is 123 cm³/mol. The van der Waals surface area contributed by atoms with Crippen LogP contribution in [-0.4, -0.2) is 17.3 Å². The highest BCUT2D eigenvalue weighted by molar-refractivity contribution is 6.01. The first kappa shape index (κ1) is 24.5. The highest BCUT2D eigenvalue weighted by atomic mass is 16.1. The van der Waals surface area contributed by atoms with E-state index in [-0.39, 0.29) is 41.5 Å². The molecule has 0 aliphatic heterocycles. The van der Waals surface area contributed by atoms with E-state index in [1.165, 1.54) is 29.2 Å². The smallest absolute Gasteiger partial charge is 0.163 e. The summed E-state index contributed by atoms with van der Waals surface area (Å²) in [6.07, 6.45) is 7.14. The van der Waals surface area contributed by atoms with Gasteiger partial charge in [-0.2, -0.15) is 0 Å². The second-order valence-corrected chi connectivity index (χ2v) is 9.22. The second kappa shape index (κ2) is 11.0. The number of benzene rings is 1. The van der Waals surface area contributed by atoms with Gasteiger partial charge in [0.05, 0.1) is 6.42 Å². The van der Waals surface area contributed by atoms with Gasteiger partial charge >= 0.3 is 0 Å². The zero-order chi connectivity index (χ0) is 22.4. The first-order chi connectivity index (χ1) is 14.3. The van der Waals surface area contributed by atoms with E-state index >= 15 is 0 Å². The first-order valence-corrected chi connectivity index (χ1v) is 12.0. The molecular weight excluding hydrogens is 372 g/mol. The van der Waals surface area contributed by atoms with Crippen LogP contribution >= 0.6 is 0 Å². The number of aryl methyl sites for hydroxylation is 2. The molecule has 1 aromatic carbocycles. The number of hydrogen-bond donors (Lipinski definition) is 0. The fourth-order valence-electron chi connectivity index (χ4n) is 5.62. The maximum atomic E-state index is 13.2. The summed E-state index contributed by atoms with van der Waals surface area (Å²) in [4.78, 5) is 37.4. The Morgan fingerprint density at radius 1 is 1.07 bits per heavy atom. The highest BCUT2D eigenvalue weighted by Crippen LogP contribution is 2.38. The van der Waals surface area contributed by atoms with Crippen LogP contribution in [0.15, 0.2) is 6.07 Å². The van der Waals surface area contributed by atoms with E-state index in [0.29, 0.717) is 6.42 Å². The minimum Gasteiger partial charge on any atom is -0.300 e. The summed E-state index contributed by atoms with van der Waals surface area (Å²) in [5.74, 6) is 0.793. The Balaban J connectivity index is 2.31. The number of hydrogen-bond acceptors (Lipinski definition) is 3. The standard InChI is InChI=1S/C27H40O3/c1-7-11-22(23(10-4)25(29)12-17(5)28)13-19-14-24-21(9-3)16-20(8-2)18(6)27(24)26(30)15-19/h16,19,22-23H,7-15H2,1-6H3. The molecule has 0 amide bonds. The van der Waals surface area contributed by atoms with Gasteiger partial charge < -0.3 is 0 Å². The van der Waals surface area contributed by atoms with Crippen molar-refractivity contribution in [3.8, 4) is 0 Å². The topological polar surface area (TPSA) is 51.2 Å². The minimum absolute atomic E-state index is 0.0458. The van der Waals surface area contributed by atoms with Crippen LogP contribution in [0, 0.1) is 24.7 Å². The van der Waals surface area contributed by atoms with Gasteiger partial charge in [0.1, 0.15) is 11.6 Å². The molecular formula is C27H40O3. The van der Waals surface area contributed by atoms with Crippen LogP contribution in [0.25, 0.3) is 0 Å². The summed E-state index contributed by atoms with van der Waals surface area (Å²) in [6, 6.07) is 2.30. The third kappa shape index (κ3) is 5.47. The quantitative estimate of drug-likeness (QED) is 0.404. The molecule has 166 valence electrons. The zero-order valence-electron chi connectivity index (χ0n) is 19.9. The monoisotopic (exact) mass is 412 g/mol. The number of fused-ring (bicyclic) bond motifs is 1. The summed E-state index contributed by atoms with van der Waals surface area (Å²) in [6.45, 7) is 12.1. The molecule has 0 saturated heterocycles. The molecule has 3 nitrogen and oxygen atoms in total. The molecule has 0 spiro atoms. The lowest BCUT2D eigenvalue weighted by atomic mass is 9.71. The van der Waals surface area contributed by atoms with Crippen LogP contribution in [0.4, 0.5) is 0 Å². The van der Waals surface area contributed by atoms with Crippen molar-refractivity contribution in [2.75, 3.05) is 0 Å². The first-order valence-electron chi connectivity index (χ1n) is 12.0. The molecule has 0 radical (unpaired) electrons. The zero-order valence-corrected chi connectivity index (χ0v) is 19.9. The average Bonchev–Trinajstić information content (AvgIpc) is 2.68. The maximum absolute atomic E-state index is 13.2. The fraction of sp³-hybridized carbons (Fsp3) is 0.667. The molecule has 2 rings (SSSR count). The van der Waals surface area contributed by atoms with Crippen molar-refractivity contribution < 1.29 is 14.4 Å². The Morgan fingerprint density at radius 3 is 2.27 bits per heavy atom. The minimum atomic E-state index is -0.0693. The molecule has 30 heavy (non-hydrogen) atoms. The van der Waals surface area contributed by atoms with Gasteiger partial charge in [0.15, 0.2) is 5.78 Å². The molecule has 1 aromatic rings. The Hall–Kier alpha value is -1.77. The Bertz CT molecular complexity index is 790. The summed E-state index contributed by atoms with van der Waals surface area (Å²) < 4.78 is 0. The Morgan fingerprint density at radius 2 is 1.73 bits per heavy atom. The van der Waals surface area contributed by atoms with Crippen LogP contribution in [0.3, 0.4) is 0 Å². The van der Waals surface area contributed by atoms with Gasteiger partial charge in [-0.3, -0.25) is 14.4 Å². The largest absolute Gasteiger partial charge is 0.300 e. The molecule has 0 N–H and O–H groups in total. The molecule has 1 aliphatic carbocycles. The van der Waals surface area contributed by atoms with Gasteiger partial charge in [-0.1, -0.05) is 46.6 Å². The molecule has 0 saturated carbocycles. The van der Waals surface area contributed by atoms with Gasteiger partial charge in [-0.05, 0) is 80.0 Å². The molecule has 3 unspecified atom stereocenters. The van der Waals surface area contributed by atoms with Gasteiger partial charge in [0.25, 0.3) is 0 Å². The number of Topliss-reactive ketones (excluding diaryl/α,β-unsaturated/α-hetero) is 3. The van der Waals surface area contributed by atoms with E-state index in [1.807, 2.05) is 0 Å². The summed E-state index contributed by atoms with van der Waals surface area (Å²) >= 11 is 0. The fourth-order valence-corrected chi connectivity index (χ4v) is 5.62. The van der Waals surface area contributed by atoms with E-state index < -0.39 is 0 Å². The van der Waals surface area contributed by atoms with Crippen molar-refractivity contribution in [1.82, 2.24) is 0 Å². The highest BCUT2D eigenvalue weighted by Gasteiger charge is 2.34. The average molecular weight is 413 g/mol.